The van der Waals surface area contributed by atoms with Crippen LogP contribution in [-0.2, 0) is 16.0 Å². The van der Waals surface area contributed by atoms with Crippen LogP contribution in [0.15, 0.2) is 77.3 Å². The van der Waals surface area contributed by atoms with Gasteiger partial charge in [-0.2, -0.15) is 0 Å². The summed E-state index contributed by atoms with van der Waals surface area (Å²) < 4.78 is 22.4. The summed E-state index contributed by atoms with van der Waals surface area (Å²) in [6.45, 7) is 2.01. The highest BCUT2D eigenvalue weighted by atomic mass is 79.9. The topological polar surface area (TPSA) is 71.1 Å². The molecule has 0 radical (unpaired) electrons. The van der Waals surface area contributed by atoms with Crippen molar-refractivity contribution < 1.29 is 28.5 Å². The van der Waals surface area contributed by atoms with E-state index in [1.165, 1.54) is 12.1 Å². The number of hydrogen-bond donors (Lipinski definition) is 0. The summed E-state index contributed by atoms with van der Waals surface area (Å²) in [6, 6.07) is 21.3. The van der Waals surface area contributed by atoms with Gasteiger partial charge in [-0.25, -0.2) is 9.59 Å². The van der Waals surface area contributed by atoms with E-state index in [9.17, 15) is 9.59 Å². The van der Waals surface area contributed by atoms with Crippen molar-refractivity contribution in [1.29, 1.82) is 0 Å². The number of benzene rings is 3. The van der Waals surface area contributed by atoms with Gasteiger partial charge < -0.3 is 18.9 Å². The van der Waals surface area contributed by atoms with E-state index in [-0.39, 0.29) is 31.1 Å². The lowest BCUT2D eigenvalue weighted by atomic mass is 10.2. The van der Waals surface area contributed by atoms with Crippen molar-refractivity contribution in [1.82, 2.24) is 0 Å². The molecular formula is C25H23BrO6. The molecule has 0 unspecified atom stereocenters. The lowest BCUT2D eigenvalue weighted by Gasteiger charge is -2.12. The highest BCUT2D eigenvalue weighted by Gasteiger charge is 2.17. The third kappa shape index (κ3) is 6.85. The quantitative estimate of drug-likeness (QED) is 0.216. The standard InChI is InChI=1S/C25H23BrO6/c1-2-18-12-13-23(21(26)16-18)31-17-24(27)32-22-11-7-6-10-20(22)25(28)30-15-14-29-19-8-4-3-5-9-19/h3-13,16H,2,14-15,17H2,1H3. The summed E-state index contributed by atoms with van der Waals surface area (Å²) in [7, 11) is 0. The fourth-order valence-corrected chi connectivity index (χ4v) is 3.32. The molecule has 0 bridgehead atoms. The summed E-state index contributed by atoms with van der Waals surface area (Å²) in [5, 5.41) is 0. The fourth-order valence-electron chi connectivity index (χ4n) is 2.78. The first-order valence-electron chi connectivity index (χ1n) is 10.1. The van der Waals surface area contributed by atoms with Crippen LogP contribution in [-0.4, -0.2) is 31.8 Å². The molecule has 7 heteroatoms. The van der Waals surface area contributed by atoms with E-state index in [4.69, 9.17) is 18.9 Å². The molecule has 3 aromatic carbocycles. The van der Waals surface area contributed by atoms with Crippen molar-refractivity contribution in [2.75, 3.05) is 19.8 Å². The third-order valence-corrected chi connectivity index (χ3v) is 5.03. The minimum atomic E-state index is -0.635. The van der Waals surface area contributed by atoms with Crippen molar-refractivity contribution in [3.05, 3.63) is 88.4 Å². The Labute approximate surface area is 195 Å². The molecule has 32 heavy (non-hydrogen) atoms. The van der Waals surface area contributed by atoms with Crippen molar-refractivity contribution in [3.8, 4) is 17.2 Å². The fraction of sp³-hybridized carbons (Fsp3) is 0.200. The van der Waals surface area contributed by atoms with Gasteiger partial charge in [0.25, 0.3) is 0 Å². The minimum absolute atomic E-state index is 0.0565. The summed E-state index contributed by atoms with van der Waals surface area (Å²) in [6.07, 6.45) is 0.895. The normalized spacial score (nSPS) is 10.3. The molecule has 0 N–H and O–H groups in total. The van der Waals surface area contributed by atoms with Crippen molar-refractivity contribution in [2.45, 2.75) is 13.3 Å². The molecule has 0 aromatic heterocycles. The third-order valence-electron chi connectivity index (χ3n) is 4.41. The Morgan fingerprint density at radius 3 is 2.34 bits per heavy atom. The molecule has 0 saturated heterocycles. The summed E-state index contributed by atoms with van der Waals surface area (Å²) in [5.41, 5.74) is 1.29. The van der Waals surface area contributed by atoms with E-state index in [0.717, 1.165) is 16.5 Å². The molecule has 0 saturated carbocycles. The second-order valence-electron chi connectivity index (χ2n) is 6.67. The van der Waals surface area contributed by atoms with E-state index in [0.29, 0.717) is 11.5 Å². The SMILES string of the molecule is CCc1ccc(OCC(=O)Oc2ccccc2C(=O)OCCOc2ccccc2)c(Br)c1. The zero-order valence-corrected chi connectivity index (χ0v) is 19.2. The Morgan fingerprint density at radius 1 is 0.844 bits per heavy atom. The molecule has 3 aromatic rings. The van der Waals surface area contributed by atoms with Crippen LogP contribution < -0.4 is 14.2 Å². The van der Waals surface area contributed by atoms with Gasteiger partial charge in [0.1, 0.15) is 36.0 Å². The molecule has 0 amide bonds. The van der Waals surface area contributed by atoms with E-state index >= 15 is 0 Å². The van der Waals surface area contributed by atoms with Crippen LogP contribution in [0.4, 0.5) is 0 Å². The average Bonchev–Trinajstić information content (AvgIpc) is 2.82. The number of esters is 2. The lowest BCUT2D eigenvalue weighted by Crippen LogP contribution is -2.20. The van der Waals surface area contributed by atoms with Gasteiger partial charge in [0.2, 0.25) is 0 Å². The van der Waals surface area contributed by atoms with Crippen LogP contribution in [0.25, 0.3) is 0 Å². The maximum absolute atomic E-state index is 12.4. The predicted octanol–water partition coefficient (Wildman–Crippen LogP) is 5.23. The van der Waals surface area contributed by atoms with Crippen molar-refractivity contribution in [2.24, 2.45) is 0 Å². The number of rotatable bonds is 10. The molecule has 0 aliphatic carbocycles. The van der Waals surface area contributed by atoms with E-state index in [2.05, 4.69) is 22.9 Å². The zero-order chi connectivity index (χ0) is 22.8. The first-order chi connectivity index (χ1) is 15.6. The minimum Gasteiger partial charge on any atom is -0.490 e. The molecule has 0 atom stereocenters. The van der Waals surface area contributed by atoms with Gasteiger partial charge in [0.05, 0.1) is 4.47 Å². The van der Waals surface area contributed by atoms with Gasteiger partial charge in [-0.1, -0.05) is 43.3 Å². The molecule has 0 spiro atoms. The molecule has 0 fully saturated rings. The van der Waals surface area contributed by atoms with Crippen LogP contribution in [0.5, 0.6) is 17.2 Å². The van der Waals surface area contributed by atoms with E-state index in [1.54, 1.807) is 18.2 Å². The maximum Gasteiger partial charge on any atom is 0.349 e. The lowest BCUT2D eigenvalue weighted by molar-refractivity contribution is -0.136. The van der Waals surface area contributed by atoms with Crippen LogP contribution in [0.3, 0.4) is 0 Å². The molecule has 166 valence electrons. The molecule has 0 heterocycles. The number of para-hydroxylation sites is 2. The highest BCUT2D eigenvalue weighted by molar-refractivity contribution is 9.10. The Hall–Kier alpha value is -3.32. The second kappa shape index (κ2) is 11.9. The highest BCUT2D eigenvalue weighted by Crippen LogP contribution is 2.26. The zero-order valence-electron chi connectivity index (χ0n) is 17.6. The predicted molar refractivity (Wildman–Crippen MR) is 123 cm³/mol. The number of carbonyl (C=O) groups excluding carboxylic acids is 2. The van der Waals surface area contributed by atoms with Gasteiger partial charge in [-0.15, -0.1) is 0 Å². The molecule has 6 nitrogen and oxygen atoms in total. The Morgan fingerprint density at radius 2 is 1.59 bits per heavy atom. The second-order valence-corrected chi connectivity index (χ2v) is 7.53. The van der Waals surface area contributed by atoms with Crippen LogP contribution in [0.2, 0.25) is 0 Å². The van der Waals surface area contributed by atoms with Gasteiger partial charge in [0.15, 0.2) is 6.61 Å². The molecular weight excluding hydrogens is 476 g/mol. The Balaban J connectivity index is 1.51. The maximum atomic E-state index is 12.4. The van der Waals surface area contributed by atoms with Gasteiger partial charge in [0, 0.05) is 0 Å². The average molecular weight is 499 g/mol. The smallest absolute Gasteiger partial charge is 0.349 e. The van der Waals surface area contributed by atoms with Crippen molar-refractivity contribution in [3.63, 3.8) is 0 Å². The van der Waals surface area contributed by atoms with Crippen LogP contribution >= 0.6 is 15.9 Å². The summed E-state index contributed by atoms with van der Waals surface area (Å²) in [4.78, 5) is 24.7. The van der Waals surface area contributed by atoms with Gasteiger partial charge in [-0.05, 0) is 64.3 Å². The molecule has 3 rings (SSSR count). The Kier molecular flexibility index (Phi) is 8.69. The number of hydrogen-bond acceptors (Lipinski definition) is 6. The number of aryl methyl sites for hydroxylation is 1. The first-order valence-corrected chi connectivity index (χ1v) is 10.9. The molecule has 0 aliphatic heterocycles. The summed E-state index contributed by atoms with van der Waals surface area (Å²) >= 11 is 3.43. The number of carbonyl (C=O) groups is 2. The van der Waals surface area contributed by atoms with Crippen molar-refractivity contribution >= 4 is 27.9 Å². The number of ether oxygens (including phenoxy) is 4. The Bertz CT molecular complexity index is 1050. The summed E-state index contributed by atoms with van der Waals surface area (Å²) in [5.74, 6) is 0.0857. The van der Waals surface area contributed by atoms with Gasteiger partial charge in [-0.3, -0.25) is 0 Å². The van der Waals surface area contributed by atoms with Gasteiger partial charge >= 0.3 is 11.9 Å². The first kappa shape index (κ1) is 23.3. The van der Waals surface area contributed by atoms with E-state index in [1.807, 2.05) is 42.5 Å². The number of halogens is 1. The van der Waals surface area contributed by atoms with Crippen LogP contribution in [0, 0.1) is 0 Å². The monoisotopic (exact) mass is 498 g/mol. The van der Waals surface area contributed by atoms with E-state index < -0.39 is 11.9 Å². The molecule has 0 aliphatic rings. The van der Waals surface area contributed by atoms with Crippen LogP contribution in [0.1, 0.15) is 22.8 Å². The largest absolute Gasteiger partial charge is 0.490 e.